The third kappa shape index (κ3) is 2.46. The summed E-state index contributed by atoms with van der Waals surface area (Å²) >= 11 is 0. The maximum Gasteiger partial charge on any atom is 0.0573 e. The largest absolute Gasteiger partial charge is 0.311 e. The highest BCUT2D eigenvalue weighted by atomic mass is 35.5. The van der Waals surface area contributed by atoms with E-state index in [0.29, 0.717) is 0 Å². The van der Waals surface area contributed by atoms with Crippen LogP contribution < -0.4 is 5.32 Å². The lowest BCUT2D eigenvalue weighted by molar-refractivity contribution is 0.477. The SMILES string of the molecule is CC[C@@H]1CNCc2ncccc2C1.Cl. The van der Waals surface area contributed by atoms with Gasteiger partial charge in [0.05, 0.1) is 5.69 Å². The first-order valence-corrected chi connectivity index (χ1v) is 5.03. The number of hydrogen-bond acceptors (Lipinski definition) is 2. The van der Waals surface area contributed by atoms with E-state index in [0.717, 1.165) is 19.0 Å². The van der Waals surface area contributed by atoms with Gasteiger partial charge >= 0.3 is 0 Å². The average Bonchev–Trinajstić information content (AvgIpc) is 2.38. The van der Waals surface area contributed by atoms with E-state index in [9.17, 15) is 0 Å². The molecular formula is C11H17ClN2. The van der Waals surface area contributed by atoms with Crippen LogP contribution in [0.1, 0.15) is 24.6 Å². The monoisotopic (exact) mass is 212 g/mol. The number of pyridine rings is 1. The Morgan fingerprint density at radius 2 is 2.43 bits per heavy atom. The van der Waals surface area contributed by atoms with Crippen LogP contribution in [0.15, 0.2) is 18.3 Å². The molecule has 3 heteroatoms. The summed E-state index contributed by atoms with van der Waals surface area (Å²) in [5.41, 5.74) is 2.66. The predicted octanol–water partition coefficient (Wildman–Crippen LogP) is 2.18. The first kappa shape index (κ1) is 11.5. The van der Waals surface area contributed by atoms with E-state index < -0.39 is 0 Å². The van der Waals surface area contributed by atoms with E-state index in [1.54, 1.807) is 0 Å². The van der Waals surface area contributed by atoms with Crippen molar-refractivity contribution in [1.29, 1.82) is 0 Å². The zero-order chi connectivity index (χ0) is 9.10. The van der Waals surface area contributed by atoms with Crippen LogP contribution in [0.25, 0.3) is 0 Å². The number of rotatable bonds is 1. The molecule has 2 nitrogen and oxygen atoms in total. The molecular weight excluding hydrogens is 196 g/mol. The van der Waals surface area contributed by atoms with Crippen LogP contribution in [-0.4, -0.2) is 11.5 Å². The maximum atomic E-state index is 4.39. The summed E-state index contributed by atoms with van der Waals surface area (Å²) in [5, 5.41) is 3.44. The van der Waals surface area contributed by atoms with E-state index in [4.69, 9.17) is 0 Å². The number of fused-ring (bicyclic) bond motifs is 1. The molecule has 0 aliphatic carbocycles. The van der Waals surface area contributed by atoms with Gasteiger partial charge in [-0.2, -0.15) is 0 Å². The van der Waals surface area contributed by atoms with Crippen LogP contribution in [0.2, 0.25) is 0 Å². The van der Waals surface area contributed by atoms with Crippen LogP contribution in [0.4, 0.5) is 0 Å². The molecule has 1 aromatic heterocycles. The summed E-state index contributed by atoms with van der Waals surface area (Å²) in [6, 6.07) is 4.24. The lowest BCUT2D eigenvalue weighted by Gasteiger charge is -2.10. The molecule has 0 fully saturated rings. The van der Waals surface area contributed by atoms with Gasteiger partial charge in [-0.05, 0) is 30.5 Å². The Bertz CT molecular complexity index is 288. The van der Waals surface area contributed by atoms with Crippen molar-refractivity contribution in [3.8, 4) is 0 Å². The minimum Gasteiger partial charge on any atom is -0.311 e. The maximum absolute atomic E-state index is 4.39. The molecule has 0 saturated carbocycles. The number of aromatic nitrogens is 1. The van der Waals surface area contributed by atoms with Gasteiger partial charge in [-0.3, -0.25) is 4.98 Å². The second-order valence-electron chi connectivity index (χ2n) is 3.72. The summed E-state index contributed by atoms with van der Waals surface area (Å²) in [4.78, 5) is 4.39. The second kappa shape index (κ2) is 5.32. The Morgan fingerprint density at radius 3 is 3.21 bits per heavy atom. The molecule has 0 radical (unpaired) electrons. The highest BCUT2D eigenvalue weighted by Gasteiger charge is 2.14. The fraction of sp³-hybridized carbons (Fsp3) is 0.545. The second-order valence-corrected chi connectivity index (χ2v) is 3.72. The normalized spacial score (nSPS) is 20.5. The van der Waals surface area contributed by atoms with Gasteiger partial charge in [-0.15, -0.1) is 12.4 Å². The summed E-state index contributed by atoms with van der Waals surface area (Å²) in [6.45, 7) is 4.33. The van der Waals surface area contributed by atoms with Crippen molar-refractivity contribution in [2.75, 3.05) is 6.54 Å². The van der Waals surface area contributed by atoms with Crippen molar-refractivity contribution < 1.29 is 0 Å². The molecule has 0 aromatic carbocycles. The summed E-state index contributed by atoms with van der Waals surface area (Å²) in [6.07, 6.45) is 4.32. The highest BCUT2D eigenvalue weighted by molar-refractivity contribution is 5.85. The first-order chi connectivity index (χ1) is 6.40. The van der Waals surface area contributed by atoms with Gasteiger partial charge in [0, 0.05) is 12.7 Å². The molecule has 0 bridgehead atoms. The molecule has 1 aliphatic rings. The molecule has 1 aromatic rings. The molecule has 0 spiro atoms. The molecule has 1 N–H and O–H groups in total. The van der Waals surface area contributed by atoms with Crippen molar-refractivity contribution in [1.82, 2.24) is 10.3 Å². The third-order valence-electron chi connectivity index (χ3n) is 2.80. The highest BCUT2D eigenvalue weighted by Crippen LogP contribution is 2.17. The zero-order valence-corrected chi connectivity index (χ0v) is 9.31. The minimum atomic E-state index is 0. The number of halogens is 1. The lowest BCUT2D eigenvalue weighted by atomic mass is 9.98. The van der Waals surface area contributed by atoms with Crippen LogP contribution in [0, 0.1) is 5.92 Å². The molecule has 0 amide bonds. The molecule has 2 heterocycles. The van der Waals surface area contributed by atoms with Gasteiger partial charge in [-0.1, -0.05) is 19.4 Å². The molecule has 0 saturated heterocycles. The van der Waals surface area contributed by atoms with Crippen LogP contribution in [-0.2, 0) is 13.0 Å². The topological polar surface area (TPSA) is 24.9 Å². The minimum absolute atomic E-state index is 0. The van der Waals surface area contributed by atoms with Gasteiger partial charge in [-0.25, -0.2) is 0 Å². The Hall–Kier alpha value is -0.600. The molecule has 78 valence electrons. The average molecular weight is 213 g/mol. The molecule has 0 unspecified atom stereocenters. The van der Waals surface area contributed by atoms with Crippen LogP contribution in [0.5, 0.6) is 0 Å². The van der Waals surface area contributed by atoms with E-state index >= 15 is 0 Å². The van der Waals surface area contributed by atoms with Gasteiger partial charge in [0.25, 0.3) is 0 Å². The van der Waals surface area contributed by atoms with Gasteiger partial charge < -0.3 is 5.32 Å². The number of hydrogen-bond donors (Lipinski definition) is 1. The Labute approximate surface area is 91.5 Å². The van der Waals surface area contributed by atoms with Crippen LogP contribution in [0.3, 0.4) is 0 Å². The molecule has 2 rings (SSSR count). The Kier molecular flexibility index (Phi) is 4.36. The smallest absolute Gasteiger partial charge is 0.0573 e. The summed E-state index contributed by atoms with van der Waals surface area (Å²) < 4.78 is 0. The zero-order valence-electron chi connectivity index (χ0n) is 8.49. The Morgan fingerprint density at radius 1 is 1.57 bits per heavy atom. The fourth-order valence-corrected chi connectivity index (χ4v) is 1.88. The van der Waals surface area contributed by atoms with E-state index in [2.05, 4.69) is 23.3 Å². The fourth-order valence-electron chi connectivity index (χ4n) is 1.88. The summed E-state index contributed by atoms with van der Waals surface area (Å²) in [5.74, 6) is 0.783. The summed E-state index contributed by atoms with van der Waals surface area (Å²) in [7, 11) is 0. The first-order valence-electron chi connectivity index (χ1n) is 5.03. The predicted molar refractivity (Wildman–Crippen MR) is 60.7 cm³/mol. The Balaban J connectivity index is 0.000000980. The van der Waals surface area contributed by atoms with E-state index in [-0.39, 0.29) is 12.4 Å². The van der Waals surface area contributed by atoms with Crippen molar-refractivity contribution >= 4 is 12.4 Å². The molecule has 14 heavy (non-hydrogen) atoms. The van der Waals surface area contributed by atoms with Gasteiger partial charge in [0.1, 0.15) is 0 Å². The van der Waals surface area contributed by atoms with E-state index in [1.807, 2.05) is 12.3 Å². The standard InChI is InChI=1S/C11H16N2.ClH/c1-2-9-6-10-4-3-5-13-11(10)8-12-7-9;/h3-5,9,12H,2,6-8H2,1H3;1H/t9-;/m0./s1. The molecule has 1 aliphatic heterocycles. The third-order valence-corrected chi connectivity index (χ3v) is 2.80. The van der Waals surface area contributed by atoms with Crippen molar-refractivity contribution in [3.05, 3.63) is 29.6 Å². The number of nitrogens with zero attached hydrogens (tertiary/aromatic N) is 1. The van der Waals surface area contributed by atoms with E-state index in [1.165, 1.54) is 24.1 Å². The van der Waals surface area contributed by atoms with Crippen molar-refractivity contribution in [2.24, 2.45) is 5.92 Å². The van der Waals surface area contributed by atoms with Crippen molar-refractivity contribution in [3.63, 3.8) is 0 Å². The van der Waals surface area contributed by atoms with Crippen molar-refractivity contribution in [2.45, 2.75) is 26.3 Å². The van der Waals surface area contributed by atoms with Crippen LogP contribution >= 0.6 is 12.4 Å². The van der Waals surface area contributed by atoms with Gasteiger partial charge in [0.15, 0.2) is 0 Å². The lowest BCUT2D eigenvalue weighted by Crippen LogP contribution is -2.19. The quantitative estimate of drug-likeness (QED) is 0.772. The molecule has 1 atom stereocenters. The van der Waals surface area contributed by atoms with Gasteiger partial charge in [0.2, 0.25) is 0 Å². The number of nitrogens with one attached hydrogen (secondary N) is 1.